The van der Waals surface area contributed by atoms with Gasteiger partial charge in [0.05, 0.1) is 24.6 Å². The smallest absolute Gasteiger partial charge is 0.387 e. The first kappa shape index (κ1) is 20.1. The number of ether oxygens (including phenoxy) is 2. The van der Waals surface area contributed by atoms with E-state index in [1.54, 1.807) is 35.4 Å². The van der Waals surface area contributed by atoms with E-state index in [1.807, 2.05) is 0 Å². The number of halogens is 2. The van der Waals surface area contributed by atoms with Crippen LogP contribution in [0.25, 0.3) is 10.9 Å². The van der Waals surface area contributed by atoms with Crippen LogP contribution < -0.4 is 10.1 Å². The molecule has 2 amide bonds. The highest BCUT2D eigenvalue weighted by molar-refractivity contribution is 6.02. The Balaban J connectivity index is 1.57. The van der Waals surface area contributed by atoms with Crippen molar-refractivity contribution in [3.05, 3.63) is 54.6 Å². The van der Waals surface area contributed by atoms with Crippen molar-refractivity contribution < 1.29 is 27.5 Å². The van der Waals surface area contributed by atoms with Gasteiger partial charge in [0, 0.05) is 24.7 Å². The minimum Gasteiger partial charge on any atom is -0.467 e. The van der Waals surface area contributed by atoms with Gasteiger partial charge >= 0.3 is 12.6 Å². The fourth-order valence-electron chi connectivity index (χ4n) is 3.49. The van der Waals surface area contributed by atoms with Crippen molar-refractivity contribution in [1.29, 1.82) is 0 Å². The van der Waals surface area contributed by atoms with Gasteiger partial charge in [0.15, 0.2) is 5.75 Å². The lowest BCUT2D eigenvalue weighted by Gasteiger charge is -2.25. The van der Waals surface area contributed by atoms with E-state index >= 15 is 0 Å². The van der Waals surface area contributed by atoms with Crippen molar-refractivity contribution in [1.82, 2.24) is 9.88 Å². The first-order valence-corrected chi connectivity index (χ1v) is 9.62. The zero-order valence-electron chi connectivity index (χ0n) is 16.1. The maximum Gasteiger partial charge on any atom is 0.387 e. The summed E-state index contributed by atoms with van der Waals surface area (Å²) in [6.07, 6.45) is 4.84. The second-order valence-electron chi connectivity index (χ2n) is 6.91. The normalized spacial score (nSPS) is 16.2. The Morgan fingerprint density at radius 3 is 2.93 bits per heavy atom. The average molecular weight is 417 g/mol. The predicted octanol–water partition coefficient (Wildman–Crippen LogP) is 4.64. The van der Waals surface area contributed by atoms with Crippen LogP contribution in [0.4, 0.5) is 19.3 Å². The number of aromatic nitrogens is 1. The van der Waals surface area contributed by atoms with E-state index in [-0.39, 0.29) is 29.9 Å². The number of hydrogen-bond acceptors (Lipinski definition) is 5. The monoisotopic (exact) mass is 417 g/mol. The predicted molar refractivity (Wildman–Crippen MR) is 105 cm³/mol. The molecule has 3 aromatic rings. The molecule has 1 aromatic carbocycles. The van der Waals surface area contributed by atoms with E-state index in [9.17, 15) is 13.6 Å². The van der Waals surface area contributed by atoms with E-state index in [4.69, 9.17) is 9.15 Å². The maximum absolute atomic E-state index is 13.1. The van der Waals surface area contributed by atoms with Gasteiger partial charge in [-0.05, 0) is 49.2 Å². The number of alkyl halides is 2. The summed E-state index contributed by atoms with van der Waals surface area (Å²) in [5.41, 5.74) is 0.689. The van der Waals surface area contributed by atoms with Gasteiger partial charge in [-0.25, -0.2) is 4.79 Å². The number of nitrogens with one attached hydrogen (secondary N) is 1. The molecule has 0 aliphatic carbocycles. The first-order chi connectivity index (χ1) is 14.6. The summed E-state index contributed by atoms with van der Waals surface area (Å²) in [5, 5.41) is 3.36. The fraction of sp³-hybridized carbons (Fsp3) is 0.333. The number of amides is 2. The van der Waals surface area contributed by atoms with E-state index in [0.29, 0.717) is 30.0 Å². The van der Waals surface area contributed by atoms with Crippen LogP contribution >= 0.6 is 0 Å². The quantitative estimate of drug-likeness (QED) is 0.606. The fourth-order valence-corrected chi connectivity index (χ4v) is 3.49. The van der Waals surface area contributed by atoms with Gasteiger partial charge in [-0.2, -0.15) is 8.78 Å². The molecule has 30 heavy (non-hydrogen) atoms. The Bertz CT molecular complexity index is 991. The first-order valence-electron chi connectivity index (χ1n) is 9.62. The molecule has 1 aliphatic heterocycles. The molecule has 7 nitrogen and oxygen atoms in total. The number of hydrogen-bond donors (Lipinski definition) is 1. The Morgan fingerprint density at radius 1 is 1.30 bits per heavy atom. The number of fused-ring (bicyclic) bond motifs is 1. The number of carbonyl (C=O) groups excluding carboxylic acids is 1. The lowest BCUT2D eigenvalue weighted by molar-refractivity contribution is -0.0489. The lowest BCUT2D eigenvalue weighted by atomic mass is 10.1. The van der Waals surface area contributed by atoms with Gasteiger partial charge in [0.1, 0.15) is 11.3 Å². The second-order valence-corrected chi connectivity index (χ2v) is 6.91. The van der Waals surface area contributed by atoms with Gasteiger partial charge in [-0.1, -0.05) is 0 Å². The Morgan fingerprint density at radius 2 is 2.20 bits per heavy atom. The minimum absolute atomic E-state index is 0.0362. The minimum atomic E-state index is -2.97. The number of nitrogens with zero attached hydrogens (tertiary/aromatic N) is 2. The van der Waals surface area contributed by atoms with Gasteiger partial charge in [0.2, 0.25) is 0 Å². The largest absolute Gasteiger partial charge is 0.467 e. The zero-order chi connectivity index (χ0) is 20.9. The third-order valence-corrected chi connectivity index (χ3v) is 4.85. The molecular formula is C21H21F2N3O4. The van der Waals surface area contributed by atoms with E-state index in [0.717, 1.165) is 12.8 Å². The molecule has 2 aromatic heterocycles. The van der Waals surface area contributed by atoms with Gasteiger partial charge < -0.3 is 24.1 Å². The highest BCUT2D eigenvalue weighted by Gasteiger charge is 2.24. The van der Waals surface area contributed by atoms with Crippen LogP contribution in [0.1, 0.15) is 18.6 Å². The summed E-state index contributed by atoms with van der Waals surface area (Å²) < 4.78 is 41.0. The second kappa shape index (κ2) is 9.08. The van der Waals surface area contributed by atoms with E-state index in [2.05, 4.69) is 15.0 Å². The number of pyridine rings is 1. The van der Waals surface area contributed by atoms with Crippen molar-refractivity contribution in [2.45, 2.75) is 32.1 Å². The van der Waals surface area contributed by atoms with Gasteiger partial charge in [0.25, 0.3) is 0 Å². The molecule has 0 saturated carbocycles. The number of benzene rings is 1. The lowest BCUT2D eigenvalue weighted by Crippen LogP contribution is -2.39. The summed E-state index contributed by atoms with van der Waals surface area (Å²) in [6, 6.07) is 9.45. The van der Waals surface area contributed by atoms with Crippen molar-refractivity contribution >= 4 is 22.6 Å². The topological polar surface area (TPSA) is 76.8 Å². The molecule has 1 unspecified atom stereocenters. The SMILES string of the molecule is O=C(Nc1ccc(OC(F)F)c2ncccc12)N(Cc1ccco1)CC1CCCO1. The molecule has 1 saturated heterocycles. The van der Waals surface area contributed by atoms with Crippen molar-refractivity contribution in [2.75, 3.05) is 18.5 Å². The molecule has 1 aliphatic rings. The van der Waals surface area contributed by atoms with Gasteiger partial charge in [-0.15, -0.1) is 0 Å². The van der Waals surface area contributed by atoms with E-state index in [1.165, 1.54) is 18.3 Å². The van der Waals surface area contributed by atoms with Crippen LogP contribution in [0.15, 0.2) is 53.3 Å². The molecule has 0 bridgehead atoms. The molecule has 3 heterocycles. The number of urea groups is 1. The highest BCUT2D eigenvalue weighted by atomic mass is 19.3. The maximum atomic E-state index is 13.1. The molecule has 9 heteroatoms. The van der Waals surface area contributed by atoms with Crippen LogP contribution in [0.5, 0.6) is 5.75 Å². The number of furan rings is 1. The summed E-state index contributed by atoms with van der Waals surface area (Å²) in [7, 11) is 0. The molecular weight excluding hydrogens is 396 g/mol. The molecule has 1 fully saturated rings. The standard InChI is InChI=1S/C21H21F2N3O4/c22-20(23)30-18-8-7-17(16-6-1-9-24-19(16)18)25-21(27)26(12-14-4-2-10-28-14)13-15-5-3-11-29-15/h1-2,4,6-10,15,20H,3,5,11-13H2,(H,25,27). The highest BCUT2D eigenvalue weighted by Crippen LogP contribution is 2.31. The van der Waals surface area contributed by atoms with Crippen LogP contribution in [0.3, 0.4) is 0 Å². The van der Waals surface area contributed by atoms with Gasteiger partial charge in [-0.3, -0.25) is 4.98 Å². The van der Waals surface area contributed by atoms with Crippen molar-refractivity contribution in [3.8, 4) is 5.75 Å². The molecule has 158 valence electrons. The van der Waals surface area contributed by atoms with Crippen molar-refractivity contribution in [2.24, 2.45) is 0 Å². The summed E-state index contributed by atoms with van der Waals surface area (Å²) in [5.74, 6) is 0.598. The number of rotatable bonds is 7. The van der Waals surface area contributed by atoms with Crippen LogP contribution in [0, 0.1) is 0 Å². The molecule has 0 spiro atoms. The molecule has 4 rings (SSSR count). The summed E-state index contributed by atoms with van der Waals surface area (Å²) >= 11 is 0. The summed E-state index contributed by atoms with van der Waals surface area (Å²) in [6.45, 7) is -1.59. The number of carbonyl (C=O) groups is 1. The number of anilines is 1. The Kier molecular flexibility index (Phi) is 6.08. The third-order valence-electron chi connectivity index (χ3n) is 4.85. The average Bonchev–Trinajstić information content (AvgIpc) is 3.43. The van der Waals surface area contributed by atoms with Crippen LogP contribution in [-0.4, -0.2) is 41.8 Å². The summed E-state index contributed by atoms with van der Waals surface area (Å²) in [4.78, 5) is 18.8. The third kappa shape index (κ3) is 4.68. The Hall–Kier alpha value is -3.20. The molecule has 1 N–H and O–H groups in total. The van der Waals surface area contributed by atoms with Crippen LogP contribution in [-0.2, 0) is 11.3 Å². The zero-order valence-corrected chi connectivity index (χ0v) is 16.1. The van der Waals surface area contributed by atoms with E-state index < -0.39 is 6.61 Å². The van der Waals surface area contributed by atoms with Crippen molar-refractivity contribution in [3.63, 3.8) is 0 Å². The van der Waals surface area contributed by atoms with Crippen LogP contribution in [0.2, 0.25) is 0 Å². The Labute approximate surface area is 171 Å². The molecule has 0 radical (unpaired) electrons. The molecule has 1 atom stereocenters.